The van der Waals surface area contributed by atoms with E-state index in [1.165, 1.54) is 65.3 Å². The molecule has 0 N–H and O–H groups in total. The van der Waals surface area contributed by atoms with Crippen molar-refractivity contribution in [2.75, 3.05) is 0 Å². The lowest BCUT2D eigenvalue weighted by Gasteiger charge is -2.19. The van der Waals surface area contributed by atoms with Gasteiger partial charge in [-0.05, 0) is 107 Å². The van der Waals surface area contributed by atoms with Crippen molar-refractivity contribution in [3.63, 3.8) is 0 Å². The van der Waals surface area contributed by atoms with Gasteiger partial charge in [0, 0.05) is 23.6 Å². The lowest BCUT2D eigenvalue weighted by atomic mass is 9.84. The van der Waals surface area contributed by atoms with Crippen molar-refractivity contribution >= 4 is 54.4 Å². The third kappa shape index (κ3) is 5.19. The summed E-state index contributed by atoms with van der Waals surface area (Å²) in [5, 5.41) is 9.88. The maximum Gasteiger partial charge on any atom is 0.198 e. The molecular weight excluding hydrogens is 669 g/mol. The standard InChI is InChI=1S/C51H32N4/c1-2-12-36(13-3-1)50-54-49-51(53-29-28-52-49)55(50)42-25-22-35(23-26-42)39-24-27-45-46(32-39)48(41-21-19-34-11-5-7-15-38(34)31-41)44-17-9-8-16-43(44)47(45)40-20-18-33-10-4-6-14-37(33)30-40/h1-32H. The molecule has 0 saturated carbocycles. The minimum absolute atomic E-state index is 0.621. The van der Waals surface area contributed by atoms with E-state index in [9.17, 15) is 0 Å². The maximum atomic E-state index is 4.90. The highest BCUT2D eigenvalue weighted by molar-refractivity contribution is 6.22. The van der Waals surface area contributed by atoms with E-state index in [0.29, 0.717) is 5.65 Å². The van der Waals surface area contributed by atoms with Gasteiger partial charge >= 0.3 is 0 Å². The van der Waals surface area contributed by atoms with Crippen LogP contribution in [0.3, 0.4) is 0 Å². The molecule has 2 heterocycles. The van der Waals surface area contributed by atoms with Gasteiger partial charge in [-0.25, -0.2) is 15.0 Å². The quantitative estimate of drug-likeness (QED) is 0.168. The molecule has 256 valence electrons. The van der Waals surface area contributed by atoms with Crippen molar-refractivity contribution in [3.05, 3.63) is 194 Å². The van der Waals surface area contributed by atoms with Crippen LogP contribution in [0, 0.1) is 0 Å². The number of nitrogens with zero attached hydrogens (tertiary/aromatic N) is 4. The molecule has 0 saturated heterocycles. The van der Waals surface area contributed by atoms with Gasteiger partial charge in [0.25, 0.3) is 0 Å². The monoisotopic (exact) mass is 700 g/mol. The van der Waals surface area contributed by atoms with Crippen LogP contribution in [-0.2, 0) is 0 Å². The average Bonchev–Trinajstić information content (AvgIpc) is 3.65. The van der Waals surface area contributed by atoms with E-state index >= 15 is 0 Å². The van der Waals surface area contributed by atoms with Gasteiger partial charge in [0.15, 0.2) is 11.3 Å². The molecule has 0 aliphatic rings. The molecule has 11 rings (SSSR count). The Labute approximate surface area is 317 Å². The number of imidazole rings is 1. The Morgan fingerprint density at radius 3 is 1.55 bits per heavy atom. The molecule has 11 aromatic rings. The largest absolute Gasteiger partial charge is 0.275 e. The zero-order valence-electron chi connectivity index (χ0n) is 29.8. The Morgan fingerprint density at radius 1 is 0.345 bits per heavy atom. The first-order chi connectivity index (χ1) is 27.3. The first kappa shape index (κ1) is 31.1. The number of benzene rings is 9. The smallest absolute Gasteiger partial charge is 0.198 e. The molecule has 9 aromatic carbocycles. The van der Waals surface area contributed by atoms with Gasteiger partial charge in [0.1, 0.15) is 5.82 Å². The topological polar surface area (TPSA) is 43.6 Å². The third-order valence-corrected chi connectivity index (χ3v) is 10.9. The van der Waals surface area contributed by atoms with Crippen LogP contribution >= 0.6 is 0 Å². The van der Waals surface area contributed by atoms with Gasteiger partial charge < -0.3 is 0 Å². The molecule has 0 radical (unpaired) electrons. The van der Waals surface area contributed by atoms with Crippen LogP contribution in [0.25, 0.3) is 105 Å². The minimum atomic E-state index is 0.621. The van der Waals surface area contributed by atoms with Crippen LogP contribution in [0.5, 0.6) is 0 Å². The Kier molecular flexibility index (Phi) is 7.14. The van der Waals surface area contributed by atoms with Crippen molar-refractivity contribution in [2.24, 2.45) is 0 Å². The number of hydrogen-bond donors (Lipinski definition) is 0. The highest BCUT2D eigenvalue weighted by atomic mass is 15.2. The zero-order valence-corrected chi connectivity index (χ0v) is 29.8. The molecule has 4 heteroatoms. The molecule has 0 atom stereocenters. The highest BCUT2D eigenvalue weighted by Gasteiger charge is 2.19. The van der Waals surface area contributed by atoms with Crippen LogP contribution in [0.1, 0.15) is 0 Å². The second-order valence-corrected chi connectivity index (χ2v) is 14.1. The van der Waals surface area contributed by atoms with Crippen molar-refractivity contribution in [3.8, 4) is 50.5 Å². The molecule has 0 amide bonds. The maximum absolute atomic E-state index is 4.90. The first-order valence-corrected chi connectivity index (χ1v) is 18.6. The number of hydrogen-bond acceptors (Lipinski definition) is 3. The second kappa shape index (κ2) is 12.6. The zero-order chi connectivity index (χ0) is 36.3. The fourth-order valence-corrected chi connectivity index (χ4v) is 8.31. The van der Waals surface area contributed by atoms with Crippen LogP contribution < -0.4 is 0 Å². The molecular formula is C51H32N4. The number of aromatic nitrogens is 4. The van der Waals surface area contributed by atoms with Crippen molar-refractivity contribution in [1.82, 2.24) is 19.5 Å². The molecule has 55 heavy (non-hydrogen) atoms. The summed E-state index contributed by atoms with van der Waals surface area (Å²) in [5.41, 5.74) is 10.5. The van der Waals surface area contributed by atoms with Gasteiger partial charge in [0.2, 0.25) is 0 Å². The van der Waals surface area contributed by atoms with E-state index in [0.717, 1.165) is 33.8 Å². The normalized spacial score (nSPS) is 11.6. The van der Waals surface area contributed by atoms with Gasteiger partial charge in [-0.15, -0.1) is 0 Å². The fraction of sp³-hybridized carbons (Fsp3) is 0. The van der Waals surface area contributed by atoms with Crippen molar-refractivity contribution < 1.29 is 0 Å². The number of rotatable bonds is 5. The highest BCUT2D eigenvalue weighted by Crippen LogP contribution is 2.46. The first-order valence-electron chi connectivity index (χ1n) is 18.6. The Balaban J connectivity index is 1.13. The lowest BCUT2D eigenvalue weighted by molar-refractivity contribution is 1.08. The van der Waals surface area contributed by atoms with E-state index in [-0.39, 0.29) is 0 Å². The summed E-state index contributed by atoms with van der Waals surface area (Å²) >= 11 is 0. The van der Waals surface area contributed by atoms with Gasteiger partial charge in [-0.1, -0.05) is 152 Å². The lowest BCUT2D eigenvalue weighted by Crippen LogP contribution is -1.98. The Hall–Kier alpha value is -7.43. The van der Waals surface area contributed by atoms with Crippen LogP contribution in [0.2, 0.25) is 0 Å². The molecule has 0 spiro atoms. The Bertz CT molecular complexity index is 3250. The summed E-state index contributed by atoms with van der Waals surface area (Å²) in [6, 6.07) is 65.8. The number of fused-ring (bicyclic) bond motifs is 5. The molecule has 0 aliphatic carbocycles. The Morgan fingerprint density at radius 2 is 0.873 bits per heavy atom. The molecule has 0 bridgehead atoms. The summed E-state index contributed by atoms with van der Waals surface area (Å²) in [7, 11) is 0. The van der Waals surface area contributed by atoms with E-state index in [1.54, 1.807) is 12.4 Å². The van der Waals surface area contributed by atoms with Crippen molar-refractivity contribution in [2.45, 2.75) is 0 Å². The van der Waals surface area contributed by atoms with E-state index in [4.69, 9.17) is 4.98 Å². The molecule has 0 aliphatic heterocycles. The fourth-order valence-electron chi connectivity index (χ4n) is 8.31. The van der Waals surface area contributed by atoms with Gasteiger partial charge in [-0.2, -0.15) is 0 Å². The molecule has 0 fully saturated rings. The molecule has 2 aromatic heterocycles. The third-order valence-electron chi connectivity index (χ3n) is 10.9. The van der Waals surface area contributed by atoms with Gasteiger partial charge in [0.05, 0.1) is 0 Å². The summed E-state index contributed by atoms with van der Waals surface area (Å²) in [4.78, 5) is 14.1. The van der Waals surface area contributed by atoms with E-state index < -0.39 is 0 Å². The summed E-state index contributed by atoms with van der Waals surface area (Å²) < 4.78 is 2.10. The molecule has 4 nitrogen and oxygen atoms in total. The van der Waals surface area contributed by atoms with E-state index in [2.05, 4.69) is 178 Å². The summed E-state index contributed by atoms with van der Waals surface area (Å²) in [6.07, 6.45) is 3.42. The predicted octanol–water partition coefficient (Wildman–Crippen LogP) is 13.1. The van der Waals surface area contributed by atoms with Crippen LogP contribution in [-0.4, -0.2) is 19.5 Å². The summed E-state index contributed by atoms with van der Waals surface area (Å²) in [6.45, 7) is 0. The minimum Gasteiger partial charge on any atom is -0.275 e. The van der Waals surface area contributed by atoms with Crippen LogP contribution in [0.4, 0.5) is 0 Å². The predicted molar refractivity (Wildman–Crippen MR) is 228 cm³/mol. The average molecular weight is 701 g/mol. The van der Waals surface area contributed by atoms with E-state index in [1.807, 2.05) is 18.2 Å². The SMILES string of the molecule is c1ccc(-c2nc3nccnc3n2-c2ccc(-c3ccc4c(-c5ccc6ccccc6c5)c5ccccc5c(-c5ccc6ccccc6c5)c4c3)cc2)cc1. The van der Waals surface area contributed by atoms with Crippen molar-refractivity contribution in [1.29, 1.82) is 0 Å². The second-order valence-electron chi connectivity index (χ2n) is 14.1. The summed E-state index contributed by atoms with van der Waals surface area (Å²) in [5.74, 6) is 0.813. The van der Waals surface area contributed by atoms with Crippen LogP contribution in [0.15, 0.2) is 194 Å². The van der Waals surface area contributed by atoms with Gasteiger partial charge in [-0.3, -0.25) is 4.57 Å². The molecule has 0 unspecified atom stereocenters.